The van der Waals surface area contributed by atoms with Crippen LogP contribution < -0.4 is 11.1 Å². The molecule has 0 saturated carbocycles. The van der Waals surface area contributed by atoms with E-state index in [0.717, 1.165) is 11.3 Å². The molecular weight excluding hydrogens is 293 g/mol. The highest BCUT2D eigenvalue weighted by Gasteiger charge is 2.26. The van der Waals surface area contributed by atoms with Gasteiger partial charge in [0.1, 0.15) is 15.2 Å². The molecule has 2 aromatic heterocycles. The van der Waals surface area contributed by atoms with E-state index < -0.39 is 18.5 Å². The summed E-state index contributed by atoms with van der Waals surface area (Å²) in [6.07, 6.45) is -2.39. The Morgan fingerprint density at radius 3 is 2.70 bits per heavy atom. The number of carbonyl (C=O) groups is 1. The van der Waals surface area contributed by atoms with Crippen LogP contribution in [0.1, 0.15) is 22.5 Å². The Balaban J connectivity index is 1.99. The number of rotatable bonds is 4. The van der Waals surface area contributed by atoms with Crippen LogP contribution in [0, 0.1) is 0 Å². The van der Waals surface area contributed by atoms with E-state index in [0.29, 0.717) is 10.3 Å². The number of nitrogens with one attached hydrogen (secondary N) is 1. The van der Waals surface area contributed by atoms with Crippen LogP contribution in [0.25, 0.3) is 10.3 Å². The maximum Gasteiger partial charge on any atom is 0.389 e. The van der Waals surface area contributed by atoms with Gasteiger partial charge in [0, 0.05) is 25.4 Å². The molecule has 0 radical (unpaired) electrons. The van der Waals surface area contributed by atoms with Crippen LogP contribution in [0.4, 0.5) is 18.9 Å². The third-order valence-corrected chi connectivity index (χ3v) is 3.59. The number of fused-ring (bicyclic) bond motifs is 1. The summed E-state index contributed by atoms with van der Waals surface area (Å²) < 4.78 is 35.9. The molecule has 0 spiro atoms. The highest BCUT2D eigenvalue weighted by Crippen LogP contribution is 2.30. The fraction of sp³-hybridized carbons (Fsp3) is 0.364. The molecule has 2 rings (SSSR count). The van der Waals surface area contributed by atoms with Crippen molar-refractivity contribution in [1.29, 1.82) is 0 Å². The Hall–Kier alpha value is -1.90. The predicted molar refractivity (Wildman–Crippen MR) is 69.4 cm³/mol. The van der Waals surface area contributed by atoms with Crippen LogP contribution in [-0.2, 0) is 0 Å². The van der Waals surface area contributed by atoms with Crippen LogP contribution >= 0.6 is 11.3 Å². The van der Waals surface area contributed by atoms with E-state index in [-0.39, 0.29) is 23.5 Å². The molecule has 0 aromatic carbocycles. The summed E-state index contributed by atoms with van der Waals surface area (Å²) in [7, 11) is 0. The van der Waals surface area contributed by atoms with E-state index in [2.05, 4.69) is 15.3 Å². The summed E-state index contributed by atoms with van der Waals surface area (Å²) in [5.41, 5.74) is 6.41. The number of nitrogen functional groups attached to an aromatic ring is 1. The van der Waals surface area contributed by atoms with E-state index in [1.54, 1.807) is 0 Å². The first kappa shape index (κ1) is 14.5. The number of nitrogens with two attached hydrogens (primary N) is 1. The number of amides is 1. The number of anilines is 1. The maximum atomic E-state index is 12.0. The first-order valence-electron chi connectivity index (χ1n) is 5.72. The van der Waals surface area contributed by atoms with Crippen molar-refractivity contribution in [2.45, 2.75) is 19.0 Å². The fourth-order valence-electron chi connectivity index (χ4n) is 1.58. The maximum absolute atomic E-state index is 12.0. The van der Waals surface area contributed by atoms with E-state index in [1.807, 2.05) is 0 Å². The lowest BCUT2D eigenvalue weighted by Gasteiger charge is -2.06. The number of carbonyl (C=O) groups excluding carboxylic acids is 1. The standard InChI is InChI=1S/C11H11F3N4OS/c12-11(13,14)2-1-3-17-9(19)8-6(15)7-10(20-8)18-5-4-16-7/h4-5H,1-3,15H2,(H,17,19). The third-order valence-electron chi connectivity index (χ3n) is 2.49. The summed E-state index contributed by atoms with van der Waals surface area (Å²) in [4.78, 5) is 20.6. The Kier molecular flexibility index (Phi) is 4.07. The van der Waals surface area contributed by atoms with Gasteiger partial charge in [-0.1, -0.05) is 0 Å². The lowest BCUT2D eigenvalue weighted by atomic mass is 10.3. The van der Waals surface area contributed by atoms with Crippen LogP contribution in [0.15, 0.2) is 12.4 Å². The minimum atomic E-state index is -4.21. The minimum Gasteiger partial charge on any atom is -0.396 e. The normalized spacial score (nSPS) is 11.8. The zero-order valence-electron chi connectivity index (χ0n) is 10.2. The van der Waals surface area contributed by atoms with Gasteiger partial charge in [0.15, 0.2) is 0 Å². The Labute approximate surface area is 116 Å². The van der Waals surface area contributed by atoms with Crippen LogP contribution in [0.3, 0.4) is 0 Å². The molecule has 0 unspecified atom stereocenters. The van der Waals surface area contributed by atoms with Crippen LogP contribution in [0.5, 0.6) is 0 Å². The molecular formula is C11H11F3N4OS. The fourth-order valence-corrected chi connectivity index (χ4v) is 2.52. The third kappa shape index (κ3) is 3.35. The number of alkyl halides is 3. The summed E-state index contributed by atoms with van der Waals surface area (Å²) >= 11 is 1.06. The van der Waals surface area contributed by atoms with Crippen molar-refractivity contribution >= 4 is 33.3 Å². The lowest BCUT2D eigenvalue weighted by molar-refractivity contribution is -0.135. The number of hydrogen-bond acceptors (Lipinski definition) is 5. The first-order valence-corrected chi connectivity index (χ1v) is 6.54. The van der Waals surface area contributed by atoms with Crippen molar-refractivity contribution in [3.05, 3.63) is 17.3 Å². The Morgan fingerprint density at radius 2 is 2.05 bits per heavy atom. The van der Waals surface area contributed by atoms with Gasteiger partial charge < -0.3 is 11.1 Å². The Morgan fingerprint density at radius 1 is 1.35 bits per heavy atom. The smallest absolute Gasteiger partial charge is 0.389 e. The molecule has 2 aromatic rings. The number of nitrogens with zero attached hydrogens (tertiary/aromatic N) is 2. The van der Waals surface area contributed by atoms with Gasteiger partial charge in [0.05, 0.1) is 5.69 Å². The quantitative estimate of drug-likeness (QED) is 0.850. The summed E-state index contributed by atoms with van der Waals surface area (Å²) in [6.45, 7) is -0.0626. The van der Waals surface area contributed by atoms with Gasteiger partial charge in [0.2, 0.25) is 0 Å². The SMILES string of the molecule is Nc1c(C(=O)NCCCC(F)(F)F)sc2nccnc12. The molecule has 0 aliphatic carbocycles. The molecule has 9 heteroatoms. The van der Waals surface area contributed by atoms with Crippen molar-refractivity contribution < 1.29 is 18.0 Å². The molecule has 0 aliphatic rings. The molecule has 0 bridgehead atoms. The second-order valence-electron chi connectivity index (χ2n) is 4.03. The first-order chi connectivity index (χ1) is 9.38. The van der Waals surface area contributed by atoms with Gasteiger partial charge in [-0.25, -0.2) is 9.97 Å². The highest BCUT2D eigenvalue weighted by molar-refractivity contribution is 7.21. The minimum absolute atomic E-state index is 0.0626. The van der Waals surface area contributed by atoms with E-state index in [1.165, 1.54) is 12.4 Å². The van der Waals surface area contributed by atoms with Gasteiger partial charge >= 0.3 is 6.18 Å². The number of halogens is 3. The number of hydrogen-bond donors (Lipinski definition) is 2. The zero-order chi connectivity index (χ0) is 14.8. The second kappa shape index (κ2) is 5.61. The van der Waals surface area contributed by atoms with Crippen molar-refractivity contribution in [2.24, 2.45) is 0 Å². The topological polar surface area (TPSA) is 80.9 Å². The van der Waals surface area contributed by atoms with E-state index in [4.69, 9.17) is 5.73 Å². The summed E-state index contributed by atoms with van der Waals surface area (Å²) in [5, 5.41) is 2.41. The molecule has 108 valence electrons. The summed E-state index contributed by atoms with van der Waals surface area (Å²) in [5.74, 6) is -0.505. The molecule has 3 N–H and O–H groups in total. The van der Waals surface area contributed by atoms with Crippen molar-refractivity contribution in [2.75, 3.05) is 12.3 Å². The number of aromatic nitrogens is 2. The van der Waals surface area contributed by atoms with Gasteiger partial charge in [-0.15, -0.1) is 11.3 Å². The van der Waals surface area contributed by atoms with E-state index in [9.17, 15) is 18.0 Å². The van der Waals surface area contributed by atoms with Crippen molar-refractivity contribution in [3.63, 3.8) is 0 Å². The molecule has 0 aliphatic heterocycles. The van der Waals surface area contributed by atoms with Crippen LogP contribution in [0.2, 0.25) is 0 Å². The second-order valence-corrected chi connectivity index (χ2v) is 5.03. The van der Waals surface area contributed by atoms with Gasteiger partial charge in [-0.2, -0.15) is 13.2 Å². The molecule has 1 amide bonds. The van der Waals surface area contributed by atoms with Gasteiger partial charge in [-0.3, -0.25) is 4.79 Å². The average Bonchev–Trinajstić information content (AvgIpc) is 2.72. The zero-order valence-corrected chi connectivity index (χ0v) is 11.0. The summed E-state index contributed by atoms with van der Waals surface area (Å²) in [6, 6.07) is 0. The highest BCUT2D eigenvalue weighted by atomic mass is 32.1. The average molecular weight is 304 g/mol. The Bertz CT molecular complexity index is 626. The van der Waals surface area contributed by atoms with Crippen LogP contribution in [-0.4, -0.2) is 28.6 Å². The van der Waals surface area contributed by atoms with Gasteiger partial charge in [0.25, 0.3) is 5.91 Å². The molecule has 0 atom stereocenters. The van der Waals surface area contributed by atoms with Crippen molar-refractivity contribution in [3.8, 4) is 0 Å². The van der Waals surface area contributed by atoms with Gasteiger partial charge in [-0.05, 0) is 6.42 Å². The molecule has 20 heavy (non-hydrogen) atoms. The largest absolute Gasteiger partial charge is 0.396 e. The number of thiophene rings is 1. The van der Waals surface area contributed by atoms with E-state index >= 15 is 0 Å². The molecule has 0 saturated heterocycles. The molecule has 0 fully saturated rings. The monoisotopic (exact) mass is 304 g/mol. The lowest BCUT2D eigenvalue weighted by Crippen LogP contribution is -2.25. The predicted octanol–water partition coefficient (Wildman–Crippen LogP) is 2.35. The van der Waals surface area contributed by atoms with Crippen molar-refractivity contribution in [1.82, 2.24) is 15.3 Å². The molecule has 2 heterocycles. The molecule has 5 nitrogen and oxygen atoms in total.